The number of rotatable bonds is 7. The molecule has 1 aliphatic rings. The first kappa shape index (κ1) is 14.9. The molecule has 0 heterocycles. The fourth-order valence-electron chi connectivity index (χ4n) is 2.55. The topological polar surface area (TPSA) is 29.5 Å². The van der Waals surface area contributed by atoms with Gasteiger partial charge in [-0.2, -0.15) is 0 Å². The molecule has 1 aliphatic carbocycles. The Balaban J connectivity index is 1.89. The number of hydrogen-bond donors (Lipinski definition) is 0. The molecule has 0 spiro atoms. The summed E-state index contributed by atoms with van der Waals surface area (Å²) in [5.74, 6) is 1.86. The minimum absolute atomic E-state index is 0.232. The van der Waals surface area contributed by atoms with Crippen molar-refractivity contribution < 1.29 is 9.53 Å². The van der Waals surface area contributed by atoms with Crippen molar-refractivity contribution in [3.05, 3.63) is 29.8 Å². The summed E-state index contributed by atoms with van der Waals surface area (Å²) in [6, 6.07) is 8.36. The van der Waals surface area contributed by atoms with Crippen LogP contribution in [-0.2, 0) is 11.2 Å². The fraction of sp³-hybridized carbons (Fsp3) is 0.588. The second-order valence-electron chi connectivity index (χ2n) is 5.62. The van der Waals surface area contributed by atoms with Crippen LogP contribution in [0.3, 0.4) is 0 Å². The van der Waals surface area contributed by atoms with Crippen molar-refractivity contribution in [1.82, 2.24) is 4.90 Å². The Morgan fingerprint density at radius 1 is 1.40 bits per heavy atom. The smallest absolute Gasteiger partial charge is 0.222 e. The van der Waals surface area contributed by atoms with Crippen LogP contribution in [0, 0.1) is 5.92 Å². The lowest BCUT2D eigenvalue weighted by Crippen LogP contribution is -2.36. The summed E-state index contributed by atoms with van der Waals surface area (Å²) in [5, 5.41) is 0. The van der Waals surface area contributed by atoms with E-state index < -0.39 is 0 Å². The quantitative estimate of drug-likeness (QED) is 0.764. The van der Waals surface area contributed by atoms with Gasteiger partial charge in [-0.15, -0.1) is 0 Å². The van der Waals surface area contributed by atoms with Crippen molar-refractivity contribution in [3.63, 3.8) is 0 Å². The highest BCUT2D eigenvalue weighted by Gasteiger charge is 2.32. The van der Waals surface area contributed by atoms with Gasteiger partial charge in [0.05, 0.1) is 6.61 Å². The normalized spacial score (nSPS) is 15.8. The molecule has 3 heteroatoms. The number of benzene rings is 1. The van der Waals surface area contributed by atoms with Crippen LogP contribution in [0.25, 0.3) is 0 Å². The number of nitrogens with zero attached hydrogens (tertiary/aromatic N) is 1. The van der Waals surface area contributed by atoms with Crippen molar-refractivity contribution in [3.8, 4) is 5.75 Å². The third-order valence-corrected chi connectivity index (χ3v) is 4.19. The minimum Gasteiger partial charge on any atom is -0.494 e. The Morgan fingerprint density at radius 3 is 2.75 bits per heavy atom. The molecule has 2 rings (SSSR count). The minimum atomic E-state index is 0.232. The predicted octanol–water partition coefficient (Wildman–Crippen LogP) is 3.27. The molecule has 20 heavy (non-hydrogen) atoms. The van der Waals surface area contributed by atoms with Gasteiger partial charge >= 0.3 is 0 Å². The summed E-state index contributed by atoms with van der Waals surface area (Å²) in [4.78, 5) is 14.2. The van der Waals surface area contributed by atoms with Gasteiger partial charge in [0.2, 0.25) is 5.91 Å². The second kappa shape index (κ2) is 6.78. The highest BCUT2D eigenvalue weighted by molar-refractivity contribution is 5.76. The van der Waals surface area contributed by atoms with E-state index in [0.717, 1.165) is 23.7 Å². The lowest BCUT2D eigenvalue weighted by atomic mass is 10.1. The molecular weight excluding hydrogens is 250 g/mol. The standard InChI is InChI=1S/C17H25NO2/c1-4-20-16-8-6-5-7-15(16)11-12-17(19)18(3)13(2)14-9-10-14/h5-8,13-14H,4,9-12H2,1-3H3. The summed E-state index contributed by atoms with van der Waals surface area (Å²) in [6.45, 7) is 4.79. The number of amides is 1. The maximum absolute atomic E-state index is 12.2. The SMILES string of the molecule is CCOc1ccccc1CCC(=O)N(C)C(C)C1CC1. The molecule has 110 valence electrons. The monoisotopic (exact) mass is 275 g/mol. The van der Waals surface area contributed by atoms with E-state index in [9.17, 15) is 4.79 Å². The van der Waals surface area contributed by atoms with Gasteiger partial charge in [0.15, 0.2) is 0 Å². The van der Waals surface area contributed by atoms with E-state index in [0.29, 0.717) is 19.1 Å². The molecular formula is C17H25NO2. The molecule has 0 saturated heterocycles. The van der Waals surface area contributed by atoms with Gasteiger partial charge in [0.1, 0.15) is 5.75 Å². The van der Waals surface area contributed by atoms with Gasteiger partial charge in [-0.05, 0) is 50.7 Å². The molecule has 1 atom stereocenters. The maximum atomic E-state index is 12.2. The largest absolute Gasteiger partial charge is 0.494 e. The summed E-state index contributed by atoms with van der Waals surface area (Å²) < 4.78 is 5.60. The maximum Gasteiger partial charge on any atom is 0.222 e. The Kier molecular flexibility index (Phi) is 5.05. The molecule has 0 aliphatic heterocycles. The van der Waals surface area contributed by atoms with Crippen LogP contribution >= 0.6 is 0 Å². The van der Waals surface area contributed by atoms with Crippen molar-refractivity contribution in [2.24, 2.45) is 5.92 Å². The van der Waals surface area contributed by atoms with E-state index in [1.807, 2.05) is 43.1 Å². The van der Waals surface area contributed by atoms with Gasteiger partial charge in [0.25, 0.3) is 0 Å². The van der Waals surface area contributed by atoms with Crippen LogP contribution in [0.5, 0.6) is 5.75 Å². The molecule has 0 N–H and O–H groups in total. The van der Waals surface area contributed by atoms with Crippen LogP contribution in [0.2, 0.25) is 0 Å². The van der Waals surface area contributed by atoms with Crippen LogP contribution < -0.4 is 4.74 Å². The summed E-state index contributed by atoms with van der Waals surface area (Å²) in [5.41, 5.74) is 1.12. The van der Waals surface area contributed by atoms with Crippen molar-refractivity contribution >= 4 is 5.91 Å². The Hall–Kier alpha value is -1.51. The lowest BCUT2D eigenvalue weighted by Gasteiger charge is -2.25. The molecule has 1 aromatic rings. The first-order chi connectivity index (χ1) is 9.63. The molecule has 0 radical (unpaired) electrons. The number of para-hydroxylation sites is 1. The molecule has 1 saturated carbocycles. The van der Waals surface area contributed by atoms with E-state index in [1.54, 1.807) is 0 Å². The average Bonchev–Trinajstić information content (AvgIpc) is 3.29. The average molecular weight is 275 g/mol. The summed E-state index contributed by atoms with van der Waals surface area (Å²) in [7, 11) is 1.93. The van der Waals surface area contributed by atoms with Crippen LogP contribution in [0.1, 0.15) is 38.7 Å². The molecule has 0 aromatic heterocycles. The number of ether oxygens (including phenoxy) is 1. The van der Waals surface area contributed by atoms with Gasteiger partial charge in [-0.25, -0.2) is 0 Å². The number of aryl methyl sites for hydroxylation is 1. The molecule has 1 fully saturated rings. The van der Waals surface area contributed by atoms with E-state index in [2.05, 4.69) is 6.92 Å². The zero-order chi connectivity index (χ0) is 14.5. The zero-order valence-corrected chi connectivity index (χ0v) is 12.8. The third-order valence-electron chi connectivity index (χ3n) is 4.19. The number of hydrogen-bond acceptors (Lipinski definition) is 2. The van der Waals surface area contributed by atoms with E-state index in [1.165, 1.54) is 12.8 Å². The molecule has 3 nitrogen and oxygen atoms in total. The van der Waals surface area contributed by atoms with E-state index >= 15 is 0 Å². The molecule has 1 amide bonds. The first-order valence-corrected chi connectivity index (χ1v) is 7.59. The van der Waals surface area contributed by atoms with Crippen molar-refractivity contribution in [2.75, 3.05) is 13.7 Å². The van der Waals surface area contributed by atoms with Crippen LogP contribution in [0.4, 0.5) is 0 Å². The number of carbonyl (C=O) groups is 1. The highest BCUT2D eigenvalue weighted by Crippen LogP contribution is 2.34. The highest BCUT2D eigenvalue weighted by atomic mass is 16.5. The Labute approximate surface area is 121 Å². The summed E-state index contributed by atoms with van der Waals surface area (Å²) >= 11 is 0. The zero-order valence-electron chi connectivity index (χ0n) is 12.8. The molecule has 1 unspecified atom stereocenters. The first-order valence-electron chi connectivity index (χ1n) is 7.59. The van der Waals surface area contributed by atoms with Gasteiger partial charge in [0, 0.05) is 19.5 Å². The number of carbonyl (C=O) groups excluding carboxylic acids is 1. The van der Waals surface area contributed by atoms with Gasteiger partial charge < -0.3 is 9.64 Å². The lowest BCUT2D eigenvalue weighted by molar-refractivity contribution is -0.132. The van der Waals surface area contributed by atoms with Gasteiger partial charge in [-0.3, -0.25) is 4.79 Å². The summed E-state index contributed by atoms with van der Waals surface area (Å²) in [6.07, 6.45) is 3.84. The van der Waals surface area contributed by atoms with Crippen molar-refractivity contribution in [1.29, 1.82) is 0 Å². The van der Waals surface area contributed by atoms with Gasteiger partial charge in [-0.1, -0.05) is 18.2 Å². The molecule has 1 aromatic carbocycles. The Bertz CT molecular complexity index is 454. The van der Waals surface area contributed by atoms with Crippen LogP contribution in [-0.4, -0.2) is 30.5 Å². The third kappa shape index (κ3) is 3.75. The molecule has 0 bridgehead atoms. The predicted molar refractivity (Wildman–Crippen MR) is 80.9 cm³/mol. The Morgan fingerprint density at radius 2 is 2.10 bits per heavy atom. The fourth-order valence-corrected chi connectivity index (χ4v) is 2.55. The van der Waals surface area contributed by atoms with Crippen LogP contribution in [0.15, 0.2) is 24.3 Å². The second-order valence-corrected chi connectivity index (χ2v) is 5.62. The van der Waals surface area contributed by atoms with E-state index in [4.69, 9.17) is 4.74 Å². The van der Waals surface area contributed by atoms with E-state index in [-0.39, 0.29) is 5.91 Å². The van der Waals surface area contributed by atoms with Crippen molar-refractivity contribution in [2.45, 2.75) is 45.6 Å².